The van der Waals surface area contributed by atoms with Gasteiger partial charge in [-0.25, -0.2) is 23.1 Å². The summed E-state index contributed by atoms with van der Waals surface area (Å²) in [6.45, 7) is 3.63. The SMILES string of the molecule is CCn1c(NCc2ccccc2)nc2cc(N(C)c3ccnc(Nc4ccc(CCS(=O)(=O)NC)cc4)n3)ccc21.Cl. The highest BCUT2D eigenvalue weighted by atomic mass is 35.5. The van der Waals surface area contributed by atoms with Crippen LogP contribution in [-0.2, 0) is 29.5 Å². The number of benzene rings is 3. The fraction of sp³-hybridized carbons (Fsp3) is 0.233. The normalized spacial score (nSPS) is 11.2. The molecule has 3 aromatic carbocycles. The summed E-state index contributed by atoms with van der Waals surface area (Å²) in [4.78, 5) is 16.0. The third-order valence-corrected chi connectivity index (χ3v) is 8.26. The lowest BCUT2D eigenvalue weighted by molar-refractivity contribution is 0.587. The van der Waals surface area contributed by atoms with Gasteiger partial charge in [0.1, 0.15) is 5.82 Å². The third kappa shape index (κ3) is 7.35. The first-order valence-electron chi connectivity index (χ1n) is 13.5. The second-order valence-electron chi connectivity index (χ2n) is 9.58. The van der Waals surface area contributed by atoms with E-state index in [9.17, 15) is 8.42 Å². The highest BCUT2D eigenvalue weighted by molar-refractivity contribution is 7.89. The fourth-order valence-corrected chi connectivity index (χ4v) is 5.23. The van der Waals surface area contributed by atoms with Crippen molar-refractivity contribution in [3.05, 3.63) is 96.2 Å². The molecule has 0 amide bonds. The topological polar surface area (TPSA) is 117 Å². The van der Waals surface area contributed by atoms with Crippen LogP contribution in [0, 0.1) is 0 Å². The third-order valence-electron chi connectivity index (χ3n) is 6.89. The number of fused-ring (bicyclic) bond motifs is 1. The molecule has 10 nitrogen and oxygen atoms in total. The van der Waals surface area contributed by atoms with E-state index in [2.05, 4.69) is 62.2 Å². The highest BCUT2D eigenvalue weighted by Crippen LogP contribution is 2.28. The average Bonchev–Trinajstić information content (AvgIpc) is 3.36. The zero-order valence-electron chi connectivity index (χ0n) is 23.8. The average molecular weight is 607 g/mol. The molecule has 0 saturated carbocycles. The second kappa shape index (κ2) is 13.6. The molecule has 12 heteroatoms. The van der Waals surface area contributed by atoms with Crippen LogP contribution in [0.25, 0.3) is 11.0 Å². The van der Waals surface area contributed by atoms with E-state index in [1.807, 2.05) is 60.5 Å². The molecule has 220 valence electrons. The zero-order valence-corrected chi connectivity index (χ0v) is 25.4. The molecule has 0 radical (unpaired) electrons. The van der Waals surface area contributed by atoms with E-state index in [4.69, 9.17) is 9.97 Å². The zero-order chi connectivity index (χ0) is 28.8. The van der Waals surface area contributed by atoms with Gasteiger partial charge in [0.15, 0.2) is 0 Å². The maximum atomic E-state index is 11.7. The van der Waals surface area contributed by atoms with Gasteiger partial charge in [-0.2, -0.15) is 4.98 Å². The smallest absolute Gasteiger partial charge is 0.229 e. The van der Waals surface area contributed by atoms with Gasteiger partial charge in [0.2, 0.25) is 21.9 Å². The molecular formula is C30H35ClN8O2S. The molecular weight excluding hydrogens is 572 g/mol. The summed E-state index contributed by atoms with van der Waals surface area (Å²) in [6.07, 6.45) is 2.15. The molecule has 0 saturated heterocycles. The van der Waals surface area contributed by atoms with Crippen LogP contribution in [0.15, 0.2) is 85.1 Å². The van der Waals surface area contributed by atoms with Gasteiger partial charge in [0.25, 0.3) is 0 Å². The Bertz CT molecular complexity index is 1730. The van der Waals surface area contributed by atoms with Gasteiger partial charge < -0.3 is 20.1 Å². The minimum Gasteiger partial charge on any atom is -0.352 e. The Morgan fingerprint density at radius 1 is 0.929 bits per heavy atom. The molecule has 0 aliphatic carbocycles. The number of hydrogen-bond donors (Lipinski definition) is 3. The lowest BCUT2D eigenvalue weighted by atomic mass is 10.1. The van der Waals surface area contributed by atoms with Crippen LogP contribution in [0.3, 0.4) is 0 Å². The number of nitrogens with zero attached hydrogens (tertiary/aromatic N) is 5. The van der Waals surface area contributed by atoms with Gasteiger partial charge >= 0.3 is 0 Å². The van der Waals surface area contributed by atoms with Crippen molar-refractivity contribution in [1.82, 2.24) is 24.2 Å². The summed E-state index contributed by atoms with van der Waals surface area (Å²) in [5.74, 6) is 2.08. The van der Waals surface area contributed by atoms with Gasteiger partial charge in [-0.1, -0.05) is 42.5 Å². The molecule has 2 aromatic heterocycles. The molecule has 0 bridgehead atoms. The van der Waals surface area contributed by atoms with Crippen LogP contribution in [0.5, 0.6) is 0 Å². The van der Waals surface area contributed by atoms with E-state index >= 15 is 0 Å². The second-order valence-corrected chi connectivity index (χ2v) is 11.6. The van der Waals surface area contributed by atoms with Crippen molar-refractivity contribution in [1.29, 1.82) is 0 Å². The highest BCUT2D eigenvalue weighted by Gasteiger charge is 2.14. The van der Waals surface area contributed by atoms with Gasteiger partial charge in [-0.3, -0.25) is 0 Å². The largest absolute Gasteiger partial charge is 0.352 e. The molecule has 3 N–H and O–H groups in total. The van der Waals surface area contributed by atoms with Crippen LogP contribution in [0.1, 0.15) is 18.1 Å². The van der Waals surface area contributed by atoms with Crippen LogP contribution in [-0.4, -0.2) is 47.8 Å². The fourth-order valence-electron chi connectivity index (χ4n) is 4.53. The molecule has 2 heterocycles. The maximum Gasteiger partial charge on any atom is 0.229 e. The number of hydrogen-bond acceptors (Lipinski definition) is 8. The summed E-state index contributed by atoms with van der Waals surface area (Å²) < 4.78 is 27.9. The number of aryl methyl sites for hydroxylation is 2. The molecule has 0 spiro atoms. The minimum absolute atomic E-state index is 0. The van der Waals surface area contributed by atoms with Crippen molar-refractivity contribution in [2.24, 2.45) is 0 Å². The molecule has 0 fully saturated rings. The van der Waals surface area contributed by atoms with Crippen LogP contribution >= 0.6 is 12.4 Å². The van der Waals surface area contributed by atoms with Crippen molar-refractivity contribution in [2.75, 3.05) is 35.4 Å². The van der Waals surface area contributed by atoms with Gasteiger partial charge in [0, 0.05) is 37.7 Å². The molecule has 0 atom stereocenters. The molecule has 42 heavy (non-hydrogen) atoms. The summed E-state index contributed by atoms with van der Waals surface area (Å²) >= 11 is 0. The van der Waals surface area contributed by atoms with Crippen molar-refractivity contribution >= 4 is 62.6 Å². The molecule has 0 unspecified atom stereocenters. The summed E-state index contributed by atoms with van der Waals surface area (Å²) in [5, 5.41) is 6.71. The van der Waals surface area contributed by atoms with E-state index in [1.165, 1.54) is 12.6 Å². The molecule has 5 rings (SSSR count). The van der Waals surface area contributed by atoms with Crippen molar-refractivity contribution < 1.29 is 8.42 Å². The predicted octanol–water partition coefficient (Wildman–Crippen LogP) is 5.48. The summed E-state index contributed by atoms with van der Waals surface area (Å²) in [5.41, 5.74) is 5.87. The first kappa shape index (κ1) is 30.8. The number of aromatic nitrogens is 4. The quantitative estimate of drug-likeness (QED) is 0.171. The standard InChI is InChI=1S/C30H34N8O2S.ClH/c1-4-38-27-15-14-25(20-26(27)35-30(38)33-21-23-8-6-5-7-9-23)37(3)28-16-18-32-29(36-28)34-24-12-10-22(11-13-24)17-19-41(39,40)31-2;/h5-16,18,20,31H,4,17,19,21H2,1-3H3,(H,33,35)(H,32,34,36);1H. The van der Waals surface area contributed by atoms with E-state index in [-0.39, 0.29) is 18.2 Å². The number of rotatable bonds is 12. The van der Waals surface area contributed by atoms with Crippen LogP contribution in [0.2, 0.25) is 0 Å². The number of sulfonamides is 1. The van der Waals surface area contributed by atoms with E-state index in [0.717, 1.165) is 46.3 Å². The first-order valence-corrected chi connectivity index (χ1v) is 15.1. The van der Waals surface area contributed by atoms with E-state index in [0.29, 0.717) is 18.9 Å². The predicted molar refractivity (Wildman–Crippen MR) is 173 cm³/mol. The van der Waals surface area contributed by atoms with Gasteiger partial charge in [-0.05, 0) is 67.9 Å². The Morgan fingerprint density at radius 2 is 1.69 bits per heavy atom. The number of halogens is 1. The van der Waals surface area contributed by atoms with Crippen molar-refractivity contribution in [3.8, 4) is 0 Å². The Morgan fingerprint density at radius 3 is 2.40 bits per heavy atom. The van der Waals surface area contributed by atoms with Crippen molar-refractivity contribution in [3.63, 3.8) is 0 Å². The van der Waals surface area contributed by atoms with Crippen LogP contribution in [0.4, 0.5) is 29.1 Å². The Labute approximate surface area is 252 Å². The van der Waals surface area contributed by atoms with E-state index < -0.39 is 10.0 Å². The summed E-state index contributed by atoms with van der Waals surface area (Å²) in [7, 11) is 0.150. The number of nitrogens with one attached hydrogen (secondary N) is 3. The molecule has 0 aliphatic rings. The monoisotopic (exact) mass is 606 g/mol. The van der Waals surface area contributed by atoms with Gasteiger partial charge in [-0.15, -0.1) is 12.4 Å². The Balaban J connectivity index is 0.00000405. The summed E-state index contributed by atoms with van der Waals surface area (Å²) in [6, 6.07) is 26.0. The Hall–Kier alpha value is -4.19. The number of imidazole rings is 1. The van der Waals surface area contributed by atoms with E-state index in [1.54, 1.807) is 6.20 Å². The Kier molecular flexibility index (Phi) is 10.00. The van der Waals surface area contributed by atoms with Gasteiger partial charge in [0.05, 0.1) is 16.8 Å². The lowest BCUT2D eigenvalue weighted by Crippen LogP contribution is -2.23. The lowest BCUT2D eigenvalue weighted by Gasteiger charge is -2.19. The number of anilines is 5. The molecule has 0 aliphatic heterocycles. The first-order chi connectivity index (χ1) is 19.8. The van der Waals surface area contributed by atoms with Crippen molar-refractivity contribution in [2.45, 2.75) is 26.4 Å². The maximum absolute atomic E-state index is 11.7. The minimum atomic E-state index is -3.24. The van der Waals surface area contributed by atoms with Crippen LogP contribution < -0.4 is 20.3 Å². The molecule has 5 aromatic rings.